The summed E-state index contributed by atoms with van der Waals surface area (Å²) in [7, 11) is 0. The van der Waals surface area contributed by atoms with Crippen LogP contribution in [0.3, 0.4) is 0 Å². The van der Waals surface area contributed by atoms with Crippen LogP contribution in [0.5, 0.6) is 0 Å². The molecule has 0 heteroatoms. The summed E-state index contributed by atoms with van der Waals surface area (Å²) in [5.74, 6) is 17.9. The maximum Gasteiger partial charge on any atom is -0.0297 e. The molecule has 10 aliphatic rings. The highest BCUT2D eigenvalue weighted by Gasteiger charge is 2.46. The van der Waals surface area contributed by atoms with Crippen molar-refractivity contribution in [3.63, 3.8) is 0 Å². The van der Waals surface area contributed by atoms with Crippen LogP contribution in [0.15, 0.2) is 0 Å². The predicted molar refractivity (Wildman–Crippen MR) is 361 cm³/mol. The second-order valence-electron chi connectivity index (χ2n) is 36.3. The van der Waals surface area contributed by atoms with Gasteiger partial charge in [0.25, 0.3) is 0 Å². The van der Waals surface area contributed by atoms with Gasteiger partial charge in [-0.1, -0.05) is 284 Å². The zero-order chi connectivity index (χ0) is 60.5. The minimum Gasteiger partial charge on any atom is -0.0651 e. The third kappa shape index (κ3) is 25.5. The Morgan fingerprint density at radius 3 is 1.08 bits per heavy atom. The van der Waals surface area contributed by atoms with E-state index in [1.807, 2.05) is 0 Å². The van der Waals surface area contributed by atoms with E-state index < -0.39 is 0 Å². The van der Waals surface area contributed by atoms with Crippen molar-refractivity contribution in [3.8, 4) is 0 Å². The molecular weight excluding hydrogens is 949 g/mol. The van der Waals surface area contributed by atoms with E-state index in [0.717, 1.165) is 112 Å². The lowest BCUT2D eigenvalue weighted by Crippen LogP contribution is -2.39. The highest BCUT2D eigenvalue weighted by atomic mass is 14.5. The van der Waals surface area contributed by atoms with Crippen LogP contribution in [0.25, 0.3) is 0 Å². The van der Waals surface area contributed by atoms with Crippen molar-refractivity contribution >= 4 is 0 Å². The largest absolute Gasteiger partial charge is 0.0651 e. The number of rotatable bonds is 3. The molecule has 10 aliphatic carbocycles. The normalized spacial score (nSPS) is 37.2. The predicted octanol–water partition coefficient (Wildman–Crippen LogP) is 27.1. The maximum absolute atomic E-state index is 2.48. The van der Waals surface area contributed by atoms with E-state index in [4.69, 9.17) is 0 Å². The van der Waals surface area contributed by atoms with Crippen LogP contribution < -0.4 is 0 Å². The van der Waals surface area contributed by atoms with E-state index in [0.29, 0.717) is 27.1 Å². The highest BCUT2D eigenvalue weighted by Crippen LogP contribution is 2.57. The van der Waals surface area contributed by atoms with Gasteiger partial charge in [0.1, 0.15) is 0 Å². The molecule has 7 atom stereocenters. The van der Waals surface area contributed by atoms with Gasteiger partial charge in [-0.05, 0) is 222 Å². The van der Waals surface area contributed by atoms with Crippen LogP contribution in [-0.2, 0) is 0 Å². The molecule has 0 heterocycles. The molecule has 0 aromatic heterocycles. The molecule has 0 nitrogen and oxygen atoms in total. The third-order valence-electron chi connectivity index (χ3n) is 27.1. The third-order valence-corrected chi connectivity index (χ3v) is 27.1. The Morgan fingerprint density at radius 2 is 0.861 bits per heavy atom. The first-order chi connectivity index (χ1) is 36.3. The van der Waals surface area contributed by atoms with Crippen LogP contribution in [0.2, 0.25) is 0 Å². The van der Waals surface area contributed by atoms with E-state index in [2.05, 4.69) is 194 Å². The van der Waals surface area contributed by atoms with E-state index in [9.17, 15) is 0 Å². The molecule has 0 N–H and O–H groups in total. The average molecular weight is 1110 g/mol. The molecule has 0 spiro atoms. The molecule has 10 saturated carbocycles. The number of hydrogen-bond acceptors (Lipinski definition) is 0. The molecule has 0 aromatic carbocycles. The highest BCUT2D eigenvalue weighted by molar-refractivity contribution is 4.97. The molecular formula is C79H156. The SMILES string of the molecule is CC(C)(C)C1CCC1.CC1C(C)(C)CCCC1(C)C.CC1C(C)C(C)C1C.CC1CC(C(C)C)C1.CC1CCC(C)(C)CC1.CC1CCCC(C)C1C.CCC(C)C1CCC1.C[C@@H]1CCCCC1(C)C.C[C@H]1CC2CCC1(C)C2. The summed E-state index contributed by atoms with van der Waals surface area (Å²) in [5, 5.41) is 0. The lowest BCUT2D eigenvalue weighted by atomic mass is 9.58. The van der Waals surface area contributed by atoms with E-state index in [-0.39, 0.29) is 0 Å². The molecule has 472 valence electrons. The van der Waals surface area contributed by atoms with Crippen molar-refractivity contribution in [2.75, 3.05) is 0 Å². The van der Waals surface area contributed by atoms with Gasteiger partial charge >= 0.3 is 0 Å². The quantitative estimate of drug-likeness (QED) is 0.264. The molecule has 10 rings (SSSR count). The number of hydrogen-bond donors (Lipinski definition) is 0. The van der Waals surface area contributed by atoms with E-state index in [1.54, 1.807) is 0 Å². The van der Waals surface area contributed by atoms with Gasteiger partial charge in [-0.15, -0.1) is 0 Å². The zero-order valence-electron chi connectivity index (χ0n) is 60.5. The summed E-state index contributed by atoms with van der Waals surface area (Å²) in [5.41, 5.74) is 3.80. The van der Waals surface area contributed by atoms with Crippen molar-refractivity contribution in [1.29, 1.82) is 0 Å². The van der Waals surface area contributed by atoms with Crippen LogP contribution in [0, 0.1) is 139 Å². The van der Waals surface area contributed by atoms with Gasteiger partial charge in [-0.2, -0.15) is 0 Å². The molecule has 0 radical (unpaired) electrons. The van der Waals surface area contributed by atoms with Gasteiger partial charge in [0, 0.05) is 0 Å². The Morgan fingerprint density at radius 1 is 0.405 bits per heavy atom. The molecule has 0 saturated heterocycles. The fourth-order valence-corrected chi connectivity index (χ4v) is 16.3. The fourth-order valence-electron chi connectivity index (χ4n) is 16.3. The summed E-state index contributed by atoms with van der Waals surface area (Å²) < 4.78 is 0. The molecule has 10 fully saturated rings. The minimum absolute atomic E-state index is 0.571. The Kier molecular flexibility index (Phi) is 32.1. The second kappa shape index (κ2) is 33.8. The molecule has 79 heavy (non-hydrogen) atoms. The Balaban J connectivity index is 0.000000304. The Bertz CT molecular complexity index is 1490. The lowest BCUT2D eigenvalue weighted by molar-refractivity contribution is 0.0286. The van der Waals surface area contributed by atoms with Gasteiger partial charge in [0.15, 0.2) is 0 Å². The summed E-state index contributed by atoms with van der Waals surface area (Å²) in [6.45, 7) is 66.6. The van der Waals surface area contributed by atoms with E-state index in [1.165, 1.54) is 173 Å². The molecule has 0 aliphatic heterocycles. The second-order valence-corrected chi connectivity index (χ2v) is 36.3. The van der Waals surface area contributed by atoms with Crippen LogP contribution >= 0.6 is 0 Å². The van der Waals surface area contributed by atoms with Gasteiger partial charge in [-0.25, -0.2) is 0 Å². The smallest absolute Gasteiger partial charge is 0.0297 e. The van der Waals surface area contributed by atoms with Crippen LogP contribution in [0.4, 0.5) is 0 Å². The van der Waals surface area contributed by atoms with Gasteiger partial charge in [0.05, 0.1) is 0 Å². The first kappa shape index (κ1) is 75.1. The Labute approximate surface area is 503 Å². The first-order valence-electron chi connectivity index (χ1n) is 36.3. The van der Waals surface area contributed by atoms with Crippen molar-refractivity contribution in [2.45, 2.75) is 367 Å². The van der Waals surface area contributed by atoms with Crippen molar-refractivity contribution < 1.29 is 0 Å². The zero-order valence-corrected chi connectivity index (χ0v) is 60.5. The fraction of sp³-hybridized carbons (Fsp3) is 1.00. The average Bonchev–Trinajstić information content (AvgIpc) is 3.84. The van der Waals surface area contributed by atoms with Crippen LogP contribution in [-0.4, -0.2) is 0 Å². The van der Waals surface area contributed by atoms with Gasteiger partial charge < -0.3 is 0 Å². The molecule has 0 amide bonds. The summed E-state index contributed by atoms with van der Waals surface area (Å²) in [6.07, 6.45) is 39.6. The van der Waals surface area contributed by atoms with Crippen molar-refractivity contribution in [2.24, 2.45) is 139 Å². The molecule has 5 unspecified atom stereocenters. The van der Waals surface area contributed by atoms with Gasteiger partial charge in [0.2, 0.25) is 0 Å². The summed E-state index contributed by atoms with van der Waals surface area (Å²) >= 11 is 0. The monoisotopic (exact) mass is 1110 g/mol. The summed E-state index contributed by atoms with van der Waals surface area (Å²) in [6, 6.07) is 0. The standard InChI is InChI=1S/C11H22.C9H16.3C9H18.4C8H16/c1-9-10(2,3)7-6-8-11(9,4)5;1-7-5-8-3-4-9(7,2)6-8;1-8-4-6-9(2,3)7-5-8;1-8-6-4-5-7-9(8,2)3;1-7-5-4-6-8(2)9(7)3;1-6(2)8-4-7(3)5-8;1-8(2,3)7-5-4-6-7;1-5-6(2)8(4)7(5)3;1-3-7(2)8-5-4-6-8/h9H,6-8H2,1-5H3;7-8H,3-6H2,1-2H3;2*8H,4-7H2,1-3H3;7-9H,4-6H2,1-3H3;6-8H,4-5H2,1-3H3;7H,4-6H2,1-3H3;5-8H,1-4H3;7-8H,3-6H2,1-2H3/t;7-,8?,9?;;8-;;;;;/m.0.1...../s1. The lowest BCUT2D eigenvalue weighted by Gasteiger charge is -2.47. The van der Waals surface area contributed by atoms with E-state index >= 15 is 0 Å². The van der Waals surface area contributed by atoms with Crippen molar-refractivity contribution in [1.82, 2.24) is 0 Å². The van der Waals surface area contributed by atoms with Crippen LogP contribution in [0.1, 0.15) is 367 Å². The van der Waals surface area contributed by atoms with Gasteiger partial charge in [-0.3, -0.25) is 0 Å². The topological polar surface area (TPSA) is 0 Å². The molecule has 2 bridgehead atoms. The first-order valence-corrected chi connectivity index (χ1v) is 36.3. The summed E-state index contributed by atoms with van der Waals surface area (Å²) in [4.78, 5) is 0. The van der Waals surface area contributed by atoms with Crippen molar-refractivity contribution in [3.05, 3.63) is 0 Å². The number of fused-ring (bicyclic) bond motifs is 2. The molecule has 0 aromatic rings. The Hall–Kier alpha value is 0. The maximum atomic E-state index is 2.48. The minimum atomic E-state index is 0.571.